The van der Waals surface area contributed by atoms with Gasteiger partial charge in [-0.15, -0.1) is 0 Å². The molecule has 0 bridgehead atoms. The number of carbonyl (C=O) groups excluding carboxylic acids is 2. The van der Waals surface area contributed by atoms with E-state index in [-0.39, 0.29) is 34.8 Å². The van der Waals surface area contributed by atoms with Crippen LogP contribution in [0.1, 0.15) is 38.7 Å². The summed E-state index contributed by atoms with van der Waals surface area (Å²) < 4.78 is 28.2. The molecule has 0 aliphatic carbocycles. The number of nitrogens with zero attached hydrogens (tertiary/aromatic N) is 1. The first-order valence-electron chi connectivity index (χ1n) is 11.1. The number of amides is 2. The Hall–Kier alpha value is -2.97. The maximum atomic E-state index is 13.3. The van der Waals surface area contributed by atoms with Gasteiger partial charge in [0.2, 0.25) is 21.8 Å². The first-order chi connectivity index (χ1) is 15.7. The minimum Gasteiger partial charge on any atom is -0.350 e. The second-order valence-corrected chi connectivity index (χ2v) is 10.3. The molecule has 3 rings (SSSR count). The third-order valence-electron chi connectivity index (χ3n) is 5.85. The van der Waals surface area contributed by atoms with Gasteiger partial charge < -0.3 is 10.6 Å². The molecule has 2 aromatic rings. The van der Waals surface area contributed by atoms with E-state index < -0.39 is 10.0 Å². The molecule has 8 heteroatoms. The van der Waals surface area contributed by atoms with Crippen LogP contribution in [0.4, 0.5) is 5.69 Å². The van der Waals surface area contributed by atoms with Crippen molar-refractivity contribution in [3.05, 3.63) is 72.8 Å². The van der Waals surface area contributed by atoms with E-state index in [1.807, 2.05) is 44.2 Å². The zero-order chi connectivity index (χ0) is 24.0. The van der Waals surface area contributed by atoms with Crippen molar-refractivity contribution in [2.24, 2.45) is 0 Å². The van der Waals surface area contributed by atoms with Crippen molar-refractivity contribution in [1.29, 1.82) is 0 Å². The van der Waals surface area contributed by atoms with Gasteiger partial charge in [0.25, 0.3) is 0 Å². The number of benzene rings is 2. The maximum Gasteiger partial charge on any atom is 0.243 e. The van der Waals surface area contributed by atoms with E-state index in [1.54, 1.807) is 12.1 Å². The van der Waals surface area contributed by atoms with Gasteiger partial charge in [0.1, 0.15) is 0 Å². The van der Waals surface area contributed by atoms with Crippen LogP contribution in [0.15, 0.2) is 72.1 Å². The molecule has 0 radical (unpaired) electrons. The van der Waals surface area contributed by atoms with Crippen LogP contribution < -0.4 is 10.6 Å². The van der Waals surface area contributed by atoms with E-state index in [1.165, 1.54) is 22.5 Å². The standard InChI is InChI=1S/C25H31N3O4S/c1-4-24(29)27-22-16-18(2)28(19(3)17-22)33(31,32)23-13-11-21(12-14-23)26-25(30)15-10-20-8-6-5-7-9-20/h4-9,11-14,18-19,22H,1,10,15-17H2,2-3H3,(H,26,30)(H,27,29). The van der Waals surface area contributed by atoms with Crippen LogP contribution in [0, 0.1) is 0 Å². The van der Waals surface area contributed by atoms with Gasteiger partial charge in [-0.2, -0.15) is 4.31 Å². The SMILES string of the molecule is C=CC(=O)NC1CC(C)N(S(=O)(=O)c2ccc(NC(=O)CCc3ccccc3)cc2)C(C)C1. The molecule has 1 aliphatic heterocycles. The van der Waals surface area contributed by atoms with E-state index >= 15 is 0 Å². The number of sulfonamides is 1. The van der Waals surface area contributed by atoms with Gasteiger partial charge in [0.05, 0.1) is 4.90 Å². The molecular weight excluding hydrogens is 438 g/mol. The zero-order valence-electron chi connectivity index (χ0n) is 19.0. The summed E-state index contributed by atoms with van der Waals surface area (Å²) >= 11 is 0. The number of hydrogen-bond acceptors (Lipinski definition) is 4. The first-order valence-corrected chi connectivity index (χ1v) is 12.5. The minimum absolute atomic E-state index is 0.0968. The number of hydrogen-bond donors (Lipinski definition) is 2. The number of nitrogens with one attached hydrogen (secondary N) is 2. The van der Waals surface area contributed by atoms with Crippen molar-refractivity contribution in [3.8, 4) is 0 Å². The predicted octanol–water partition coefficient (Wildman–Crippen LogP) is 3.49. The molecule has 2 atom stereocenters. The Balaban J connectivity index is 1.62. The average molecular weight is 470 g/mol. The molecule has 0 saturated carbocycles. The zero-order valence-corrected chi connectivity index (χ0v) is 19.8. The van der Waals surface area contributed by atoms with Crippen LogP contribution in [-0.4, -0.2) is 42.7 Å². The van der Waals surface area contributed by atoms with Crippen LogP contribution in [0.5, 0.6) is 0 Å². The quantitative estimate of drug-likeness (QED) is 0.579. The van der Waals surface area contributed by atoms with E-state index in [4.69, 9.17) is 0 Å². The minimum atomic E-state index is -3.72. The molecular formula is C25H31N3O4S. The van der Waals surface area contributed by atoms with Crippen LogP contribution >= 0.6 is 0 Å². The summed E-state index contributed by atoms with van der Waals surface area (Å²) in [6.07, 6.45) is 3.26. The molecule has 2 unspecified atom stereocenters. The van der Waals surface area contributed by atoms with Crippen LogP contribution in [0.2, 0.25) is 0 Å². The maximum absolute atomic E-state index is 13.3. The Morgan fingerprint density at radius 3 is 2.21 bits per heavy atom. The van der Waals surface area contributed by atoms with Crippen LogP contribution in [0.3, 0.4) is 0 Å². The van der Waals surface area contributed by atoms with E-state index in [2.05, 4.69) is 17.2 Å². The summed E-state index contributed by atoms with van der Waals surface area (Å²) in [6.45, 7) is 7.16. The largest absolute Gasteiger partial charge is 0.350 e. The van der Waals surface area contributed by atoms with Gasteiger partial charge >= 0.3 is 0 Å². The highest BCUT2D eigenvalue weighted by Gasteiger charge is 2.39. The summed E-state index contributed by atoms with van der Waals surface area (Å²) in [5.74, 6) is -0.377. The van der Waals surface area contributed by atoms with Crippen molar-refractivity contribution in [3.63, 3.8) is 0 Å². The summed E-state index contributed by atoms with van der Waals surface area (Å²) in [4.78, 5) is 24.1. The first kappa shape index (κ1) is 24.7. The monoisotopic (exact) mass is 469 g/mol. The smallest absolute Gasteiger partial charge is 0.243 e. The van der Waals surface area contributed by atoms with E-state index in [9.17, 15) is 18.0 Å². The van der Waals surface area contributed by atoms with Crippen molar-refractivity contribution in [2.75, 3.05) is 5.32 Å². The molecule has 7 nitrogen and oxygen atoms in total. The third kappa shape index (κ3) is 6.30. The van der Waals surface area contributed by atoms with Gasteiger partial charge in [-0.25, -0.2) is 8.42 Å². The summed E-state index contributed by atoms with van der Waals surface area (Å²) in [7, 11) is -3.72. The fourth-order valence-electron chi connectivity index (χ4n) is 4.37. The van der Waals surface area contributed by atoms with Gasteiger partial charge in [-0.3, -0.25) is 9.59 Å². The van der Waals surface area contributed by atoms with Crippen molar-refractivity contribution >= 4 is 27.5 Å². The Morgan fingerprint density at radius 2 is 1.64 bits per heavy atom. The molecule has 33 heavy (non-hydrogen) atoms. The number of aryl methyl sites for hydroxylation is 1. The Labute approximate surface area is 195 Å². The lowest BCUT2D eigenvalue weighted by atomic mass is 9.95. The molecule has 1 aliphatic rings. The number of anilines is 1. The lowest BCUT2D eigenvalue weighted by molar-refractivity contribution is -0.118. The fourth-order valence-corrected chi connectivity index (χ4v) is 6.21. The Bertz CT molecular complexity index is 1070. The van der Waals surface area contributed by atoms with Crippen LogP contribution in [0.25, 0.3) is 0 Å². The molecule has 0 spiro atoms. The average Bonchev–Trinajstić information content (AvgIpc) is 2.78. The second-order valence-electron chi connectivity index (χ2n) is 8.47. The van der Waals surface area contributed by atoms with Gasteiger partial charge in [0.15, 0.2) is 0 Å². The van der Waals surface area contributed by atoms with E-state index in [0.29, 0.717) is 31.4 Å². The number of piperidine rings is 1. The van der Waals surface area contributed by atoms with Crippen molar-refractivity contribution < 1.29 is 18.0 Å². The lowest BCUT2D eigenvalue weighted by Crippen LogP contribution is -2.54. The van der Waals surface area contributed by atoms with Gasteiger partial charge in [-0.1, -0.05) is 36.9 Å². The third-order valence-corrected chi connectivity index (χ3v) is 7.99. The topological polar surface area (TPSA) is 95.6 Å². The second kappa shape index (κ2) is 10.8. The van der Waals surface area contributed by atoms with Gasteiger partial charge in [0, 0.05) is 30.2 Å². The molecule has 176 valence electrons. The summed E-state index contributed by atoms with van der Waals surface area (Å²) in [6, 6.07) is 15.4. The fraction of sp³-hybridized carbons (Fsp3) is 0.360. The summed E-state index contributed by atoms with van der Waals surface area (Å²) in [5.41, 5.74) is 1.64. The molecule has 2 amide bonds. The van der Waals surface area contributed by atoms with Crippen molar-refractivity contribution in [2.45, 2.75) is 62.6 Å². The molecule has 1 fully saturated rings. The molecule has 2 N–H and O–H groups in total. The Morgan fingerprint density at radius 1 is 1.03 bits per heavy atom. The van der Waals surface area contributed by atoms with Crippen LogP contribution in [-0.2, 0) is 26.0 Å². The number of carbonyl (C=O) groups is 2. The Kier molecular flexibility index (Phi) is 8.05. The predicted molar refractivity (Wildman–Crippen MR) is 129 cm³/mol. The van der Waals surface area contributed by atoms with Gasteiger partial charge in [-0.05, 0) is 69.0 Å². The molecule has 2 aromatic carbocycles. The molecule has 1 heterocycles. The molecule has 1 saturated heterocycles. The highest BCUT2D eigenvalue weighted by Crippen LogP contribution is 2.30. The lowest BCUT2D eigenvalue weighted by Gasteiger charge is -2.41. The van der Waals surface area contributed by atoms with E-state index in [0.717, 1.165) is 5.56 Å². The summed E-state index contributed by atoms with van der Waals surface area (Å²) in [5, 5.41) is 5.69. The normalized spacial score (nSPS) is 21.2. The highest BCUT2D eigenvalue weighted by molar-refractivity contribution is 7.89. The number of rotatable bonds is 8. The van der Waals surface area contributed by atoms with Crippen molar-refractivity contribution in [1.82, 2.24) is 9.62 Å². The highest BCUT2D eigenvalue weighted by atomic mass is 32.2. The molecule has 0 aromatic heterocycles.